The van der Waals surface area contributed by atoms with Crippen molar-refractivity contribution < 1.29 is 9.53 Å². The molecule has 0 spiro atoms. The Labute approximate surface area is 231 Å². The van der Waals surface area contributed by atoms with E-state index in [1.807, 2.05) is 0 Å². The van der Waals surface area contributed by atoms with Crippen LogP contribution in [0.4, 0.5) is 0 Å². The zero-order valence-electron chi connectivity index (χ0n) is 24.3. The van der Waals surface area contributed by atoms with Crippen LogP contribution in [-0.2, 0) is 9.53 Å². The molecule has 0 aromatic carbocycles. The van der Waals surface area contributed by atoms with E-state index in [-0.39, 0.29) is 11.5 Å². The van der Waals surface area contributed by atoms with Gasteiger partial charge in [-0.2, -0.15) is 0 Å². The molecule has 2 nitrogen and oxygen atoms in total. The molecule has 0 heterocycles. The maximum absolute atomic E-state index is 12.3. The zero-order valence-corrected chi connectivity index (χ0v) is 25.8. The first-order valence-corrected chi connectivity index (χ1v) is 16.0. The average molecular weight is 540 g/mol. The Morgan fingerprint density at radius 3 is 2.11 bits per heavy atom. The van der Waals surface area contributed by atoms with Gasteiger partial charge in [0.25, 0.3) is 0 Å². The Hall–Kier alpha value is 0.0500. The second-order valence-electron chi connectivity index (χ2n) is 15.9. The van der Waals surface area contributed by atoms with Crippen LogP contribution in [0, 0.1) is 62.6 Å². The van der Waals surface area contributed by atoms with Gasteiger partial charge in [-0.3, -0.25) is 0 Å². The molecule has 0 unspecified atom stereocenters. The van der Waals surface area contributed by atoms with E-state index in [2.05, 4.69) is 55.4 Å². The molecule has 5 aliphatic carbocycles. The molecule has 5 aliphatic rings. The number of hydrogen-bond acceptors (Lipinski definition) is 2. The standard InChI is InChI=1S/C32H52Cl2O2/c1-19(2)20-11-14-29(5)17-18-31(7)21(25(20)29)9-10-23-30(6)15-13-24(36-27(35)26(33)34)28(3,4)22(30)12-16-32(23,31)8/h19-26H,9-18H2,1-8H3/t20-,21+,22-,23+,24+,25+,29+,30+,31+,32-/m0/s1. The summed E-state index contributed by atoms with van der Waals surface area (Å²) in [5.41, 5.74) is 1.62. The molecule has 0 N–H and O–H groups in total. The van der Waals surface area contributed by atoms with Gasteiger partial charge in [0.1, 0.15) is 6.10 Å². The Morgan fingerprint density at radius 2 is 1.47 bits per heavy atom. The van der Waals surface area contributed by atoms with E-state index < -0.39 is 10.8 Å². The minimum Gasteiger partial charge on any atom is -0.460 e. The van der Waals surface area contributed by atoms with E-state index >= 15 is 0 Å². The maximum Gasteiger partial charge on any atom is 0.339 e. The Balaban J connectivity index is 1.46. The van der Waals surface area contributed by atoms with E-state index in [4.69, 9.17) is 27.9 Å². The van der Waals surface area contributed by atoms with Crippen LogP contribution in [0.25, 0.3) is 0 Å². The summed E-state index contributed by atoms with van der Waals surface area (Å²) in [4.78, 5) is 11.2. The SMILES string of the molecule is CC(C)[C@@H]1CC[C@]2(C)CC[C@]3(C)[C@H](CC[C@@H]4[C@]5(C)CC[C@@H](OC(=O)C(Cl)Cl)C(C)(C)[C@@H]5CC[C@@]43C)[C@@H]12. The first-order chi connectivity index (χ1) is 16.6. The minimum absolute atomic E-state index is 0.0657. The lowest BCUT2D eigenvalue weighted by Gasteiger charge is -2.73. The lowest BCUT2D eigenvalue weighted by molar-refractivity contribution is -0.250. The Kier molecular flexibility index (Phi) is 6.73. The average Bonchev–Trinajstić information content (AvgIpc) is 3.14. The number of halogens is 2. The van der Waals surface area contributed by atoms with E-state index in [1.54, 1.807) is 0 Å². The maximum atomic E-state index is 12.3. The van der Waals surface area contributed by atoms with Gasteiger partial charge >= 0.3 is 5.97 Å². The molecular formula is C32H52Cl2O2. The highest BCUT2D eigenvalue weighted by Crippen LogP contribution is 2.77. The fourth-order valence-corrected chi connectivity index (χ4v) is 12.2. The second-order valence-corrected chi connectivity index (χ2v) is 17.0. The third-order valence-corrected chi connectivity index (χ3v) is 14.5. The Morgan fingerprint density at radius 1 is 0.778 bits per heavy atom. The van der Waals surface area contributed by atoms with Crippen molar-refractivity contribution in [3.8, 4) is 0 Å². The van der Waals surface area contributed by atoms with Crippen LogP contribution in [0.15, 0.2) is 0 Å². The van der Waals surface area contributed by atoms with Crippen molar-refractivity contribution in [3.63, 3.8) is 0 Å². The molecule has 36 heavy (non-hydrogen) atoms. The summed E-state index contributed by atoms with van der Waals surface area (Å²) < 4.78 is 5.92. The van der Waals surface area contributed by atoms with Crippen molar-refractivity contribution in [2.75, 3.05) is 0 Å². The summed E-state index contributed by atoms with van der Waals surface area (Å²) in [6, 6.07) is 0. The van der Waals surface area contributed by atoms with Gasteiger partial charge in [-0.25, -0.2) is 4.79 Å². The van der Waals surface area contributed by atoms with Crippen molar-refractivity contribution in [3.05, 3.63) is 0 Å². The lowest BCUT2D eigenvalue weighted by atomic mass is 9.32. The van der Waals surface area contributed by atoms with Gasteiger partial charge in [0.15, 0.2) is 0 Å². The number of ether oxygens (including phenoxy) is 1. The van der Waals surface area contributed by atoms with Crippen LogP contribution >= 0.6 is 23.2 Å². The van der Waals surface area contributed by atoms with Gasteiger partial charge < -0.3 is 4.74 Å². The topological polar surface area (TPSA) is 26.3 Å². The van der Waals surface area contributed by atoms with Crippen molar-refractivity contribution in [1.29, 1.82) is 0 Å². The highest BCUT2D eigenvalue weighted by atomic mass is 35.5. The third kappa shape index (κ3) is 3.64. The van der Waals surface area contributed by atoms with Crippen molar-refractivity contribution in [2.24, 2.45) is 62.6 Å². The van der Waals surface area contributed by atoms with Crippen molar-refractivity contribution in [1.82, 2.24) is 0 Å². The molecule has 0 radical (unpaired) electrons. The molecule has 0 aliphatic heterocycles. The smallest absolute Gasteiger partial charge is 0.339 e. The highest BCUT2D eigenvalue weighted by Gasteiger charge is 2.70. The fourth-order valence-electron chi connectivity index (χ4n) is 12.1. The molecule has 5 rings (SSSR count). The Bertz CT molecular complexity index is 883. The second kappa shape index (κ2) is 8.78. The van der Waals surface area contributed by atoms with Crippen LogP contribution in [0.5, 0.6) is 0 Å². The van der Waals surface area contributed by atoms with E-state index in [1.165, 1.54) is 51.4 Å². The van der Waals surface area contributed by atoms with Crippen LogP contribution in [0.1, 0.15) is 120 Å². The molecule has 0 amide bonds. The molecule has 0 aromatic rings. The molecule has 0 saturated heterocycles. The number of rotatable bonds is 3. The first kappa shape index (κ1) is 27.6. The van der Waals surface area contributed by atoms with Gasteiger partial charge in [-0.05, 0) is 121 Å². The van der Waals surface area contributed by atoms with Crippen LogP contribution < -0.4 is 0 Å². The number of alkyl halides is 2. The summed E-state index contributed by atoms with van der Waals surface area (Å²) >= 11 is 11.7. The minimum atomic E-state index is -1.10. The van der Waals surface area contributed by atoms with Gasteiger partial charge in [-0.15, -0.1) is 0 Å². The summed E-state index contributed by atoms with van der Waals surface area (Å²) in [6.07, 6.45) is 13.1. The molecular weight excluding hydrogens is 487 g/mol. The van der Waals surface area contributed by atoms with Gasteiger partial charge in [-0.1, -0.05) is 78.6 Å². The third-order valence-electron chi connectivity index (χ3n) is 14.1. The predicted molar refractivity (Wildman–Crippen MR) is 150 cm³/mol. The fraction of sp³-hybridized carbons (Fsp3) is 0.969. The summed E-state index contributed by atoms with van der Waals surface area (Å²) in [5.74, 6) is 4.32. The molecule has 0 bridgehead atoms. The van der Waals surface area contributed by atoms with Crippen molar-refractivity contribution >= 4 is 29.2 Å². The monoisotopic (exact) mass is 538 g/mol. The molecule has 10 atom stereocenters. The summed E-state index contributed by atoms with van der Waals surface area (Å²) in [7, 11) is 0. The van der Waals surface area contributed by atoms with Gasteiger partial charge in [0.2, 0.25) is 4.84 Å². The molecule has 0 aromatic heterocycles. The number of fused-ring (bicyclic) bond motifs is 7. The number of carbonyl (C=O) groups excluding carboxylic acids is 1. The highest BCUT2D eigenvalue weighted by molar-refractivity contribution is 6.52. The molecule has 4 heteroatoms. The molecule has 206 valence electrons. The van der Waals surface area contributed by atoms with Crippen LogP contribution in [0.2, 0.25) is 0 Å². The van der Waals surface area contributed by atoms with E-state index in [0.717, 1.165) is 42.4 Å². The van der Waals surface area contributed by atoms with Gasteiger partial charge in [0, 0.05) is 5.41 Å². The predicted octanol–water partition coefficient (Wildman–Crippen LogP) is 9.46. The first-order valence-electron chi connectivity index (χ1n) is 15.1. The number of hydrogen-bond donors (Lipinski definition) is 0. The van der Waals surface area contributed by atoms with E-state index in [9.17, 15) is 4.79 Å². The van der Waals surface area contributed by atoms with Crippen molar-refractivity contribution in [2.45, 2.75) is 131 Å². The number of esters is 1. The summed E-state index contributed by atoms with van der Waals surface area (Å²) in [6.45, 7) is 20.4. The quantitative estimate of drug-likeness (QED) is 0.264. The van der Waals surface area contributed by atoms with Crippen LogP contribution in [-0.4, -0.2) is 16.9 Å². The van der Waals surface area contributed by atoms with Gasteiger partial charge in [0.05, 0.1) is 0 Å². The summed E-state index contributed by atoms with van der Waals surface area (Å²) in [5, 5.41) is 0. The van der Waals surface area contributed by atoms with Crippen LogP contribution in [0.3, 0.4) is 0 Å². The zero-order chi connectivity index (χ0) is 26.5. The number of carbonyl (C=O) groups is 1. The lowest BCUT2D eigenvalue weighted by Crippen LogP contribution is -2.66. The van der Waals surface area contributed by atoms with E-state index in [0.29, 0.717) is 27.6 Å². The normalized spacial score (nSPS) is 51.8. The molecule has 5 fully saturated rings. The largest absolute Gasteiger partial charge is 0.460 e. The molecule has 5 saturated carbocycles.